The summed E-state index contributed by atoms with van der Waals surface area (Å²) in [6, 6.07) is 11.2. The fraction of sp³-hybridized carbons (Fsp3) is 0.263. The van der Waals surface area contributed by atoms with Crippen LogP contribution in [0.3, 0.4) is 0 Å². The third kappa shape index (κ3) is 4.11. The van der Waals surface area contributed by atoms with Crippen molar-refractivity contribution in [3.05, 3.63) is 64.7 Å². The number of anilines is 1. The molecule has 142 valence electrons. The van der Waals surface area contributed by atoms with Crippen molar-refractivity contribution < 1.29 is 23.1 Å². The van der Waals surface area contributed by atoms with Gasteiger partial charge in [-0.15, -0.1) is 0 Å². The Hall–Kier alpha value is -2.87. The number of benzene rings is 2. The van der Waals surface area contributed by atoms with Gasteiger partial charge in [-0.1, -0.05) is 12.1 Å². The first kappa shape index (κ1) is 18.9. The number of hydrogen-bond acceptors (Lipinski definition) is 4. The molecule has 1 fully saturated rings. The van der Waals surface area contributed by atoms with E-state index in [2.05, 4.69) is 5.32 Å². The normalized spacial score (nSPS) is 15.5. The Morgan fingerprint density at radius 1 is 1.11 bits per heavy atom. The maximum Gasteiger partial charge on any atom is 0.335 e. The Morgan fingerprint density at radius 3 is 2.33 bits per heavy atom. The minimum Gasteiger partial charge on any atom is -0.478 e. The molecule has 1 heterocycles. The molecule has 0 radical (unpaired) electrons. The second kappa shape index (κ2) is 7.40. The molecule has 0 atom stereocenters. The highest BCUT2D eigenvalue weighted by Crippen LogP contribution is 2.28. The van der Waals surface area contributed by atoms with Crippen molar-refractivity contribution >= 4 is 27.6 Å². The van der Waals surface area contributed by atoms with Gasteiger partial charge in [-0.3, -0.25) is 9.10 Å². The molecule has 0 aliphatic carbocycles. The zero-order chi connectivity index (χ0) is 19.6. The van der Waals surface area contributed by atoms with Crippen molar-refractivity contribution in [1.29, 1.82) is 0 Å². The first-order chi connectivity index (χ1) is 12.8. The van der Waals surface area contributed by atoms with Crippen LogP contribution in [0.1, 0.15) is 38.3 Å². The van der Waals surface area contributed by atoms with Gasteiger partial charge >= 0.3 is 5.97 Å². The van der Waals surface area contributed by atoms with Gasteiger partial charge in [0.15, 0.2) is 0 Å². The number of carboxylic acid groups (broad SMARTS) is 1. The van der Waals surface area contributed by atoms with Gasteiger partial charge < -0.3 is 10.4 Å². The molecule has 7 nitrogen and oxygen atoms in total. The van der Waals surface area contributed by atoms with Crippen LogP contribution >= 0.6 is 0 Å². The summed E-state index contributed by atoms with van der Waals surface area (Å²) in [6.45, 7) is 2.51. The highest BCUT2D eigenvalue weighted by atomic mass is 32.2. The van der Waals surface area contributed by atoms with E-state index in [0.29, 0.717) is 24.2 Å². The molecule has 2 aromatic carbocycles. The minimum absolute atomic E-state index is 0.148. The molecule has 0 unspecified atom stereocenters. The molecular formula is C19H20N2O5S. The average Bonchev–Trinajstić information content (AvgIpc) is 2.98. The van der Waals surface area contributed by atoms with E-state index in [1.807, 2.05) is 0 Å². The van der Waals surface area contributed by atoms with E-state index in [-0.39, 0.29) is 23.8 Å². The van der Waals surface area contributed by atoms with E-state index in [1.54, 1.807) is 37.3 Å². The molecule has 3 rings (SSSR count). The van der Waals surface area contributed by atoms with Crippen LogP contribution < -0.4 is 9.62 Å². The first-order valence-electron chi connectivity index (χ1n) is 8.49. The number of nitrogens with zero attached hydrogens (tertiary/aromatic N) is 1. The Bertz CT molecular complexity index is 984. The largest absolute Gasteiger partial charge is 0.478 e. The first-order valence-corrected chi connectivity index (χ1v) is 10.1. The van der Waals surface area contributed by atoms with E-state index in [9.17, 15) is 18.0 Å². The van der Waals surface area contributed by atoms with E-state index >= 15 is 0 Å². The van der Waals surface area contributed by atoms with Gasteiger partial charge in [-0.2, -0.15) is 0 Å². The smallest absolute Gasteiger partial charge is 0.335 e. The lowest BCUT2D eigenvalue weighted by molar-refractivity contribution is 0.0696. The van der Waals surface area contributed by atoms with Crippen molar-refractivity contribution in [2.75, 3.05) is 16.6 Å². The Kier molecular flexibility index (Phi) is 5.18. The van der Waals surface area contributed by atoms with E-state index in [4.69, 9.17) is 5.11 Å². The number of carbonyl (C=O) groups excluding carboxylic acids is 1. The number of rotatable bonds is 5. The zero-order valence-corrected chi connectivity index (χ0v) is 15.6. The molecule has 0 aromatic heterocycles. The van der Waals surface area contributed by atoms with Crippen molar-refractivity contribution in [2.24, 2.45) is 0 Å². The minimum atomic E-state index is -3.26. The van der Waals surface area contributed by atoms with E-state index < -0.39 is 16.0 Å². The van der Waals surface area contributed by atoms with E-state index in [1.165, 1.54) is 16.4 Å². The van der Waals surface area contributed by atoms with Crippen molar-refractivity contribution in [2.45, 2.75) is 19.9 Å². The summed E-state index contributed by atoms with van der Waals surface area (Å²) in [4.78, 5) is 23.2. The summed E-state index contributed by atoms with van der Waals surface area (Å²) in [6.07, 6.45) is 0.602. The predicted octanol–water partition coefficient (Wildman–Crippen LogP) is 2.16. The summed E-state index contributed by atoms with van der Waals surface area (Å²) >= 11 is 0. The highest BCUT2D eigenvalue weighted by molar-refractivity contribution is 7.93. The lowest BCUT2D eigenvalue weighted by Gasteiger charge is -2.19. The molecule has 27 heavy (non-hydrogen) atoms. The second-order valence-electron chi connectivity index (χ2n) is 6.43. The summed E-state index contributed by atoms with van der Waals surface area (Å²) in [5.74, 6) is -1.13. The highest BCUT2D eigenvalue weighted by Gasteiger charge is 2.29. The summed E-state index contributed by atoms with van der Waals surface area (Å²) < 4.78 is 25.5. The predicted molar refractivity (Wildman–Crippen MR) is 102 cm³/mol. The van der Waals surface area contributed by atoms with Crippen LogP contribution in [-0.2, 0) is 16.6 Å². The van der Waals surface area contributed by atoms with Crippen LogP contribution in [0.25, 0.3) is 0 Å². The van der Waals surface area contributed by atoms with Gasteiger partial charge in [0.2, 0.25) is 10.0 Å². The fourth-order valence-electron chi connectivity index (χ4n) is 3.04. The SMILES string of the molecule is Cc1cc(C(=O)NCc2ccc(C(=O)O)cc2)ccc1N1CCCS1(=O)=O. The third-order valence-electron chi connectivity index (χ3n) is 4.48. The summed E-state index contributed by atoms with van der Waals surface area (Å²) in [5.41, 5.74) is 2.74. The monoisotopic (exact) mass is 388 g/mol. The molecule has 1 aliphatic rings. The molecule has 8 heteroatoms. The molecule has 0 saturated carbocycles. The maximum atomic E-state index is 12.4. The van der Waals surface area contributed by atoms with Gasteiger partial charge in [0.05, 0.1) is 17.0 Å². The standard InChI is InChI=1S/C19H20N2O5S/c1-13-11-16(7-8-17(13)21-9-2-10-27(21,25)26)18(22)20-12-14-3-5-15(6-4-14)19(23)24/h3-8,11H,2,9-10,12H2,1H3,(H,20,22)(H,23,24). The number of aryl methyl sites for hydroxylation is 1. The van der Waals surface area contributed by atoms with Gasteiger partial charge in [0.1, 0.15) is 0 Å². The van der Waals surface area contributed by atoms with Crippen LogP contribution in [0.4, 0.5) is 5.69 Å². The lowest BCUT2D eigenvalue weighted by atomic mass is 10.1. The van der Waals surface area contributed by atoms with Crippen LogP contribution in [0.5, 0.6) is 0 Å². The lowest BCUT2D eigenvalue weighted by Crippen LogP contribution is -2.26. The van der Waals surface area contributed by atoms with Crippen LogP contribution in [0, 0.1) is 6.92 Å². The Morgan fingerprint density at radius 2 is 1.78 bits per heavy atom. The molecule has 1 aliphatic heterocycles. The molecule has 2 aromatic rings. The van der Waals surface area contributed by atoms with Crippen LogP contribution in [0.2, 0.25) is 0 Å². The summed E-state index contributed by atoms with van der Waals surface area (Å²) in [7, 11) is -3.26. The van der Waals surface area contributed by atoms with Crippen molar-refractivity contribution in [3.8, 4) is 0 Å². The topological polar surface area (TPSA) is 104 Å². The zero-order valence-electron chi connectivity index (χ0n) is 14.8. The van der Waals surface area contributed by atoms with Gasteiger partial charge in [-0.05, 0) is 54.8 Å². The van der Waals surface area contributed by atoms with Crippen molar-refractivity contribution in [3.63, 3.8) is 0 Å². The number of carbonyl (C=O) groups is 2. The Balaban J connectivity index is 1.68. The van der Waals surface area contributed by atoms with Crippen LogP contribution in [0.15, 0.2) is 42.5 Å². The number of nitrogens with one attached hydrogen (secondary N) is 1. The molecule has 2 N–H and O–H groups in total. The third-order valence-corrected chi connectivity index (χ3v) is 6.34. The van der Waals surface area contributed by atoms with E-state index in [0.717, 1.165) is 11.1 Å². The molecule has 1 amide bonds. The second-order valence-corrected chi connectivity index (χ2v) is 8.44. The molecule has 0 spiro atoms. The molecular weight excluding hydrogens is 368 g/mol. The number of aromatic carboxylic acids is 1. The summed E-state index contributed by atoms with van der Waals surface area (Å²) in [5, 5.41) is 11.7. The molecule has 1 saturated heterocycles. The molecule has 0 bridgehead atoms. The Labute approximate surface area is 157 Å². The average molecular weight is 388 g/mol. The van der Waals surface area contributed by atoms with Gasteiger partial charge in [-0.25, -0.2) is 13.2 Å². The van der Waals surface area contributed by atoms with Crippen molar-refractivity contribution in [1.82, 2.24) is 5.32 Å². The number of sulfonamides is 1. The fourth-order valence-corrected chi connectivity index (χ4v) is 4.66. The number of amides is 1. The van der Waals surface area contributed by atoms with Gasteiger partial charge in [0, 0.05) is 18.7 Å². The maximum absolute atomic E-state index is 12.4. The quantitative estimate of drug-likeness (QED) is 0.817. The number of hydrogen-bond donors (Lipinski definition) is 2. The van der Waals surface area contributed by atoms with Gasteiger partial charge in [0.25, 0.3) is 5.91 Å². The van der Waals surface area contributed by atoms with Crippen LogP contribution in [-0.4, -0.2) is 37.7 Å². The number of carboxylic acids is 1.